The summed E-state index contributed by atoms with van der Waals surface area (Å²) in [7, 11) is 1.52. The number of likely N-dealkylation sites (N-methyl/N-ethyl adjacent to an activating group) is 1. The highest BCUT2D eigenvalue weighted by atomic mass is 31.2. The fourth-order valence-electron chi connectivity index (χ4n) is 5.65. The molecular weight excluding hydrogens is 792 g/mol. The third kappa shape index (κ3) is 44.7. The average molecular weight is 880 g/mol. The Morgan fingerprint density at radius 3 is 1.40 bits per heavy atom. The minimum absolute atomic E-state index is 0.0473. The highest BCUT2D eigenvalue weighted by molar-refractivity contribution is 7.47. The van der Waals surface area contributed by atoms with Crippen LogP contribution in [-0.2, 0) is 18.4 Å². The maximum Gasteiger partial charge on any atom is 0.472 e. The molecule has 350 valence electrons. The zero-order chi connectivity index (χ0) is 45.7. The summed E-state index contributed by atoms with van der Waals surface area (Å²) in [5, 5.41) is 13.6. The van der Waals surface area contributed by atoms with Crippen LogP contribution in [0, 0.1) is 0 Å². The Bertz CT molecular complexity index is 1460. The minimum atomic E-state index is -4.34. The molecule has 0 aliphatic rings. The van der Waals surface area contributed by atoms with E-state index in [2.05, 4.69) is 141 Å². The van der Waals surface area contributed by atoms with Gasteiger partial charge < -0.3 is 19.8 Å². The molecular formula is C53H88N2O6P+. The number of allylic oxidation sites excluding steroid dienone is 21. The maximum atomic E-state index is 12.8. The minimum Gasteiger partial charge on any atom is -0.387 e. The molecule has 0 aromatic carbocycles. The predicted octanol–water partition coefficient (Wildman–Crippen LogP) is 13.6. The molecule has 0 bridgehead atoms. The molecule has 0 fully saturated rings. The second-order valence-electron chi connectivity index (χ2n) is 16.4. The number of carbonyl (C=O) groups excluding carboxylic acids is 1. The van der Waals surface area contributed by atoms with E-state index < -0.39 is 20.0 Å². The van der Waals surface area contributed by atoms with Gasteiger partial charge in [-0.1, -0.05) is 173 Å². The van der Waals surface area contributed by atoms with Gasteiger partial charge in [-0.2, -0.15) is 0 Å². The summed E-state index contributed by atoms with van der Waals surface area (Å²) in [5.74, 6) is -0.217. The van der Waals surface area contributed by atoms with E-state index >= 15 is 0 Å². The Morgan fingerprint density at radius 2 is 0.968 bits per heavy atom. The van der Waals surface area contributed by atoms with E-state index in [9.17, 15) is 19.4 Å². The lowest BCUT2D eigenvalue weighted by atomic mass is 10.1. The van der Waals surface area contributed by atoms with Crippen molar-refractivity contribution in [3.63, 3.8) is 0 Å². The smallest absolute Gasteiger partial charge is 0.387 e. The lowest BCUT2D eigenvalue weighted by Crippen LogP contribution is -2.45. The molecule has 3 unspecified atom stereocenters. The molecule has 62 heavy (non-hydrogen) atoms. The summed E-state index contributed by atoms with van der Waals surface area (Å²) in [6.45, 7) is 4.52. The Morgan fingerprint density at radius 1 is 0.565 bits per heavy atom. The topological polar surface area (TPSA) is 105 Å². The van der Waals surface area contributed by atoms with Crippen molar-refractivity contribution in [1.29, 1.82) is 0 Å². The van der Waals surface area contributed by atoms with E-state index in [1.807, 2.05) is 27.2 Å². The van der Waals surface area contributed by atoms with Crippen LogP contribution in [0.4, 0.5) is 0 Å². The maximum absolute atomic E-state index is 12.8. The zero-order valence-corrected chi connectivity index (χ0v) is 40.4. The number of rotatable bonds is 40. The highest BCUT2D eigenvalue weighted by Crippen LogP contribution is 2.43. The first-order chi connectivity index (χ1) is 30.0. The van der Waals surface area contributed by atoms with Crippen LogP contribution < -0.4 is 5.32 Å². The number of phosphoric ester groups is 1. The van der Waals surface area contributed by atoms with Crippen LogP contribution >= 0.6 is 7.82 Å². The first-order valence-electron chi connectivity index (χ1n) is 23.6. The van der Waals surface area contributed by atoms with Gasteiger partial charge in [-0.15, -0.1) is 0 Å². The SMILES string of the molecule is CC/C=C\C/C=C\C/C=C\C/C=C\C/C=C\C/C=C\C/C=C\C/C=C\C/C=C\C/C=C\CCCCCCC(=O)NC(COP(=O)(O)OCC[N+](C)(C)C)C(O)/C=C/CCCCC. The fourth-order valence-corrected chi connectivity index (χ4v) is 6.39. The van der Waals surface area contributed by atoms with Crippen LogP contribution in [0.3, 0.4) is 0 Å². The molecule has 1 amide bonds. The number of unbranched alkanes of at least 4 members (excludes halogenated alkanes) is 7. The molecule has 0 aromatic rings. The van der Waals surface area contributed by atoms with Gasteiger partial charge in [0.25, 0.3) is 0 Å². The lowest BCUT2D eigenvalue weighted by molar-refractivity contribution is -0.870. The van der Waals surface area contributed by atoms with E-state index in [1.54, 1.807) is 6.08 Å². The second-order valence-corrected chi connectivity index (χ2v) is 17.9. The van der Waals surface area contributed by atoms with Gasteiger partial charge in [0, 0.05) is 6.42 Å². The number of hydrogen-bond donors (Lipinski definition) is 3. The number of phosphoric acid groups is 1. The van der Waals surface area contributed by atoms with E-state index in [1.165, 1.54) is 0 Å². The number of hydrogen-bond acceptors (Lipinski definition) is 5. The summed E-state index contributed by atoms with van der Waals surface area (Å²) in [6.07, 6.45) is 65.9. The van der Waals surface area contributed by atoms with Gasteiger partial charge in [0.05, 0.1) is 39.9 Å². The van der Waals surface area contributed by atoms with Crippen molar-refractivity contribution >= 4 is 13.7 Å². The third-order valence-corrected chi connectivity index (χ3v) is 10.4. The van der Waals surface area contributed by atoms with Gasteiger partial charge in [-0.25, -0.2) is 4.57 Å². The molecule has 0 aliphatic carbocycles. The van der Waals surface area contributed by atoms with Crippen LogP contribution in [0.2, 0.25) is 0 Å². The quantitative estimate of drug-likeness (QED) is 0.0245. The molecule has 3 N–H and O–H groups in total. The van der Waals surface area contributed by atoms with Crippen LogP contribution in [0.15, 0.2) is 134 Å². The van der Waals surface area contributed by atoms with E-state index in [0.29, 0.717) is 17.4 Å². The molecule has 3 atom stereocenters. The first-order valence-corrected chi connectivity index (χ1v) is 25.1. The Hall–Kier alpha value is -3.36. The van der Waals surface area contributed by atoms with Crippen LogP contribution in [0.25, 0.3) is 0 Å². The molecule has 0 aromatic heterocycles. The van der Waals surface area contributed by atoms with E-state index in [4.69, 9.17) is 9.05 Å². The number of nitrogens with zero attached hydrogens (tertiary/aromatic N) is 1. The molecule has 0 heterocycles. The molecule has 9 heteroatoms. The molecule has 0 radical (unpaired) electrons. The summed E-state index contributed by atoms with van der Waals surface area (Å²) >= 11 is 0. The molecule has 0 saturated carbocycles. The van der Waals surface area contributed by atoms with Crippen molar-refractivity contribution in [2.45, 2.75) is 154 Å². The molecule has 0 rings (SSSR count). The Labute approximate surface area is 379 Å². The summed E-state index contributed by atoms with van der Waals surface area (Å²) < 4.78 is 23.3. The van der Waals surface area contributed by atoms with Gasteiger partial charge in [0.15, 0.2) is 0 Å². The van der Waals surface area contributed by atoms with Crippen LogP contribution in [0.5, 0.6) is 0 Å². The van der Waals surface area contributed by atoms with Crippen LogP contribution in [-0.4, -0.2) is 73.4 Å². The first kappa shape index (κ1) is 58.6. The van der Waals surface area contributed by atoms with Gasteiger partial charge in [0.1, 0.15) is 13.2 Å². The Balaban J connectivity index is 4.11. The van der Waals surface area contributed by atoms with E-state index in [-0.39, 0.29) is 19.1 Å². The number of aliphatic hydroxyl groups excluding tert-OH is 1. The van der Waals surface area contributed by atoms with E-state index in [0.717, 1.165) is 122 Å². The molecule has 8 nitrogen and oxygen atoms in total. The number of nitrogens with one attached hydrogen (secondary N) is 1. The monoisotopic (exact) mass is 880 g/mol. The third-order valence-electron chi connectivity index (χ3n) is 9.38. The fraction of sp³-hybridized carbons (Fsp3) is 0.566. The van der Waals surface area contributed by atoms with Crippen molar-refractivity contribution in [2.75, 3.05) is 40.9 Å². The highest BCUT2D eigenvalue weighted by Gasteiger charge is 2.27. The van der Waals surface area contributed by atoms with Crippen LogP contribution in [0.1, 0.15) is 142 Å². The number of quaternary nitrogens is 1. The number of amides is 1. The van der Waals surface area contributed by atoms with Crippen molar-refractivity contribution < 1.29 is 32.9 Å². The summed E-state index contributed by atoms with van der Waals surface area (Å²) in [6, 6.07) is -0.866. The molecule has 0 aliphatic heterocycles. The average Bonchev–Trinajstić information content (AvgIpc) is 3.23. The normalized spacial score (nSPS) is 15.4. The summed E-state index contributed by atoms with van der Waals surface area (Å²) in [4.78, 5) is 22.9. The van der Waals surface area contributed by atoms with Crippen molar-refractivity contribution in [3.05, 3.63) is 134 Å². The van der Waals surface area contributed by atoms with Gasteiger partial charge in [-0.05, 0) is 96.3 Å². The largest absolute Gasteiger partial charge is 0.472 e. The number of aliphatic hydroxyl groups is 1. The van der Waals surface area contributed by atoms with Gasteiger partial charge in [0.2, 0.25) is 5.91 Å². The van der Waals surface area contributed by atoms with Crippen molar-refractivity contribution in [3.8, 4) is 0 Å². The standard InChI is InChI=1S/C53H87N2O6P/c1-6-8-10-12-13-14-15-16-17-18-19-20-21-22-23-24-25-26-27-28-29-30-31-32-33-34-35-36-37-38-39-40-41-43-45-47-53(57)54-51(52(56)46-44-42-11-9-7-2)50-61-62(58,59)60-49-48-55(3,4)5/h8,10,13-14,16-17,19-20,22-23,25-26,28-29,31-32,34-35,37-38,44,46,51-52,56H,6-7,9,11-12,15,18,21,24,27,30,33,36,39-43,45,47-50H2,1-5H3,(H-,54,57,58,59)/p+1/b10-8-,14-13-,17-16-,20-19-,23-22-,26-25-,29-28-,32-31-,35-34-,38-37-,46-44+. The molecule has 0 saturated heterocycles. The number of carbonyl (C=O) groups is 1. The zero-order valence-electron chi connectivity index (χ0n) is 39.5. The molecule has 0 spiro atoms. The van der Waals surface area contributed by atoms with Gasteiger partial charge in [-0.3, -0.25) is 13.8 Å². The lowest BCUT2D eigenvalue weighted by Gasteiger charge is -2.25. The Kier molecular flexibility index (Phi) is 40.6. The van der Waals surface area contributed by atoms with Crippen molar-refractivity contribution in [1.82, 2.24) is 5.32 Å². The van der Waals surface area contributed by atoms with Crippen molar-refractivity contribution in [2.24, 2.45) is 0 Å². The van der Waals surface area contributed by atoms with Gasteiger partial charge >= 0.3 is 7.82 Å². The summed E-state index contributed by atoms with van der Waals surface area (Å²) in [5.41, 5.74) is 0. The predicted molar refractivity (Wildman–Crippen MR) is 267 cm³/mol. The second kappa shape index (κ2) is 42.9.